The molecule has 0 aliphatic heterocycles. The average molecular weight is 411 g/mol. The van der Waals surface area contributed by atoms with E-state index in [2.05, 4.69) is 15.5 Å². The first-order valence-corrected chi connectivity index (χ1v) is 10.0. The number of carbonyl (C=O) groups excluding carboxylic acids is 2. The van der Waals surface area contributed by atoms with Crippen molar-refractivity contribution in [2.45, 2.75) is 32.1 Å². The van der Waals surface area contributed by atoms with Gasteiger partial charge in [-0.3, -0.25) is 4.79 Å². The second-order valence-electron chi connectivity index (χ2n) is 6.61. The lowest BCUT2D eigenvalue weighted by atomic mass is 10.1. The number of ether oxygens (including phenoxy) is 1. The molecule has 2 aromatic carbocycles. The van der Waals surface area contributed by atoms with Gasteiger partial charge in [-0.15, -0.1) is 10.2 Å². The van der Waals surface area contributed by atoms with Gasteiger partial charge in [0.25, 0.3) is 5.22 Å². The number of hydrogen-bond donors (Lipinski definition) is 1. The summed E-state index contributed by atoms with van der Waals surface area (Å²) in [7, 11) is 0. The molecule has 8 heteroatoms. The molecule has 0 saturated carbocycles. The van der Waals surface area contributed by atoms with E-state index in [1.54, 1.807) is 38.1 Å². The summed E-state index contributed by atoms with van der Waals surface area (Å²) in [5, 5.41) is 11.1. The van der Waals surface area contributed by atoms with Gasteiger partial charge >= 0.3 is 5.97 Å². The van der Waals surface area contributed by atoms with Gasteiger partial charge in [-0.2, -0.15) is 0 Å². The second-order valence-corrected chi connectivity index (χ2v) is 7.54. The van der Waals surface area contributed by atoms with Gasteiger partial charge < -0.3 is 14.5 Å². The topological polar surface area (TPSA) is 94.3 Å². The molecule has 1 aromatic heterocycles. The number of carbonyl (C=O) groups is 2. The minimum absolute atomic E-state index is 0.0934. The van der Waals surface area contributed by atoms with Gasteiger partial charge in [-0.05, 0) is 51.1 Å². The lowest BCUT2D eigenvalue weighted by molar-refractivity contribution is -0.113. The average Bonchev–Trinajstić information content (AvgIpc) is 3.15. The molecule has 0 fully saturated rings. The van der Waals surface area contributed by atoms with Gasteiger partial charge in [-0.1, -0.05) is 35.5 Å². The number of nitrogens with zero attached hydrogens (tertiary/aromatic N) is 2. The fourth-order valence-corrected chi connectivity index (χ4v) is 3.06. The number of amides is 1. The minimum atomic E-state index is -0.431. The molecule has 150 valence electrons. The molecule has 3 aromatic rings. The fourth-order valence-electron chi connectivity index (χ4n) is 2.49. The van der Waals surface area contributed by atoms with Gasteiger partial charge in [0.2, 0.25) is 11.8 Å². The maximum absolute atomic E-state index is 12.2. The van der Waals surface area contributed by atoms with Gasteiger partial charge in [-0.25, -0.2) is 4.79 Å². The molecule has 7 nitrogen and oxygen atoms in total. The van der Waals surface area contributed by atoms with Crippen LogP contribution in [-0.2, 0) is 9.53 Å². The van der Waals surface area contributed by atoms with E-state index in [1.165, 1.54) is 0 Å². The smallest absolute Gasteiger partial charge is 0.338 e. The fraction of sp³-hybridized carbons (Fsp3) is 0.238. The van der Waals surface area contributed by atoms with E-state index in [0.29, 0.717) is 22.4 Å². The number of aromatic nitrogens is 2. The van der Waals surface area contributed by atoms with E-state index < -0.39 is 5.97 Å². The summed E-state index contributed by atoms with van der Waals surface area (Å²) in [5.74, 6) is -0.177. The number of aryl methyl sites for hydroxylation is 1. The van der Waals surface area contributed by atoms with Crippen LogP contribution in [0.2, 0.25) is 0 Å². The van der Waals surface area contributed by atoms with Crippen LogP contribution in [0.4, 0.5) is 5.69 Å². The van der Waals surface area contributed by atoms with Crippen LogP contribution >= 0.6 is 11.8 Å². The maximum Gasteiger partial charge on any atom is 0.338 e. The van der Waals surface area contributed by atoms with Crippen molar-refractivity contribution in [3.8, 4) is 11.5 Å². The molecule has 0 radical (unpaired) electrons. The van der Waals surface area contributed by atoms with Crippen LogP contribution in [0.5, 0.6) is 0 Å². The van der Waals surface area contributed by atoms with E-state index in [1.807, 2.05) is 31.2 Å². The van der Waals surface area contributed by atoms with Crippen LogP contribution in [0, 0.1) is 6.92 Å². The third kappa shape index (κ3) is 5.92. The molecular formula is C21H21N3O4S. The number of rotatable bonds is 7. The molecular weight excluding hydrogens is 390 g/mol. The molecule has 1 heterocycles. The van der Waals surface area contributed by atoms with Crippen molar-refractivity contribution < 1.29 is 18.7 Å². The third-order valence-corrected chi connectivity index (χ3v) is 4.54. The molecule has 0 atom stereocenters. The van der Waals surface area contributed by atoms with Crippen molar-refractivity contribution in [1.29, 1.82) is 0 Å². The van der Waals surface area contributed by atoms with E-state index in [0.717, 1.165) is 22.9 Å². The zero-order chi connectivity index (χ0) is 20.8. The Morgan fingerprint density at radius 3 is 2.69 bits per heavy atom. The Labute approximate surface area is 172 Å². The SMILES string of the molecule is Cc1cccc(-c2nnc(SCC(=O)Nc3cccc(C(=O)OC(C)C)c3)o2)c1. The van der Waals surface area contributed by atoms with Gasteiger partial charge in [0.15, 0.2) is 0 Å². The van der Waals surface area contributed by atoms with Crippen molar-refractivity contribution in [2.24, 2.45) is 0 Å². The van der Waals surface area contributed by atoms with Crippen molar-refractivity contribution in [1.82, 2.24) is 10.2 Å². The number of esters is 1. The van der Waals surface area contributed by atoms with Gasteiger partial charge in [0.1, 0.15) is 0 Å². The third-order valence-electron chi connectivity index (χ3n) is 3.72. The van der Waals surface area contributed by atoms with Crippen molar-refractivity contribution in [3.63, 3.8) is 0 Å². The number of anilines is 1. The molecule has 0 spiro atoms. The molecule has 0 aliphatic carbocycles. The highest BCUT2D eigenvalue weighted by Gasteiger charge is 2.13. The van der Waals surface area contributed by atoms with Crippen LogP contribution in [0.15, 0.2) is 58.2 Å². The molecule has 0 aliphatic rings. The Kier molecular flexibility index (Phi) is 6.66. The lowest BCUT2D eigenvalue weighted by Gasteiger charge is -2.09. The van der Waals surface area contributed by atoms with E-state index >= 15 is 0 Å². The van der Waals surface area contributed by atoms with Crippen molar-refractivity contribution >= 4 is 29.3 Å². The van der Waals surface area contributed by atoms with Crippen molar-refractivity contribution in [2.75, 3.05) is 11.1 Å². The van der Waals surface area contributed by atoms with E-state index in [-0.39, 0.29) is 17.8 Å². The molecule has 0 unspecified atom stereocenters. The highest BCUT2D eigenvalue weighted by atomic mass is 32.2. The minimum Gasteiger partial charge on any atom is -0.459 e. The summed E-state index contributed by atoms with van der Waals surface area (Å²) >= 11 is 1.14. The Morgan fingerprint density at radius 1 is 1.14 bits per heavy atom. The Bertz CT molecular complexity index is 1020. The normalized spacial score (nSPS) is 10.8. The Morgan fingerprint density at radius 2 is 1.93 bits per heavy atom. The number of benzene rings is 2. The predicted molar refractivity (Wildman–Crippen MR) is 111 cm³/mol. The largest absolute Gasteiger partial charge is 0.459 e. The summed E-state index contributed by atoms with van der Waals surface area (Å²) in [4.78, 5) is 24.2. The number of hydrogen-bond acceptors (Lipinski definition) is 7. The zero-order valence-corrected chi connectivity index (χ0v) is 17.2. The highest BCUT2D eigenvalue weighted by Crippen LogP contribution is 2.24. The quantitative estimate of drug-likeness (QED) is 0.456. The molecule has 3 rings (SSSR count). The van der Waals surface area contributed by atoms with Gasteiger partial charge in [0.05, 0.1) is 17.4 Å². The van der Waals surface area contributed by atoms with Crippen LogP contribution in [0.25, 0.3) is 11.5 Å². The van der Waals surface area contributed by atoms with E-state index in [9.17, 15) is 9.59 Å². The molecule has 29 heavy (non-hydrogen) atoms. The first-order valence-electron chi connectivity index (χ1n) is 9.05. The van der Waals surface area contributed by atoms with E-state index in [4.69, 9.17) is 9.15 Å². The highest BCUT2D eigenvalue weighted by molar-refractivity contribution is 7.99. The van der Waals surface area contributed by atoms with Crippen molar-refractivity contribution in [3.05, 3.63) is 59.7 Å². The number of thioether (sulfide) groups is 1. The summed E-state index contributed by atoms with van der Waals surface area (Å²) in [6, 6.07) is 14.3. The summed E-state index contributed by atoms with van der Waals surface area (Å²) in [5.41, 5.74) is 2.82. The van der Waals surface area contributed by atoms with Crippen LogP contribution in [-0.4, -0.2) is 33.9 Å². The summed E-state index contributed by atoms with van der Waals surface area (Å²) in [6.45, 7) is 5.54. The van der Waals surface area contributed by atoms with Crippen LogP contribution in [0.3, 0.4) is 0 Å². The lowest BCUT2D eigenvalue weighted by Crippen LogP contribution is -2.15. The monoisotopic (exact) mass is 411 g/mol. The molecule has 0 bridgehead atoms. The van der Waals surface area contributed by atoms with Crippen LogP contribution < -0.4 is 5.32 Å². The zero-order valence-electron chi connectivity index (χ0n) is 16.3. The molecule has 1 amide bonds. The number of nitrogens with one attached hydrogen (secondary N) is 1. The molecule has 0 saturated heterocycles. The first-order chi connectivity index (χ1) is 13.9. The molecule has 1 N–H and O–H groups in total. The Hall–Kier alpha value is -3.13. The predicted octanol–water partition coefficient (Wildman–Crippen LogP) is 4.34. The van der Waals surface area contributed by atoms with Gasteiger partial charge in [0, 0.05) is 11.3 Å². The summed E-state index contributed by atoms with van der Waals surface area (Å²) < 4.78 is 10.8. The first kappa shape index (κ1) is 20.6. The summed E-state index contributed by atoms with van der Waals surface area (Å²) in [6.07, 6.45) is -0.212. The second kappa shape index (κ2) is 9.38. The standard InChI is InChI=1S/C21H21N3O4S/c1-13(2)27-20(26)16-8-5-9-17(11-16)22-18(25)12-29-21-24-23-19(28-21)15-7-4-6-14(3)10-15/h4-11,13H,12H2,1-3H3,(H,22,25). The Balaban J connectivity index is 1.56. The van der Waals surface area contributed by atoms with Crippen LogP contribution in [0.1, 0.15) is 29.8 Å². The maximum atomic E-state index is 12.2.